The number of halogens is 1. The van der Waals surface area contributed by atoms with Gasteiger partial charge in [0.2, 0.25) is 5.91 Å². The first-order valence-electron chi connectivity index (χ1n) is 8.64. The van der Waals surface area contributed by atoms with Gasteiger partial charge in [0.15, 0.2) is 0 Å². The van der Waals surface area contributed by atoms with Crippen LogP contribution in [-0.2, 0) is 14.3 Å². The van der Waals surface area contributed by atoms with Crippen molar-refractivity contribution in [1.82, 2.24) is 14.7 Å². The van der Waals surface area contributed by atoms with Gasteiger partial charge in [0.25, 0.3) is 11.8 Å². The molecule has 7 nitrogen and oxygen atoms in total. The van der Waals surface area contributed by atoms with Crippen molar-refractivity contribution < 1.29 is 19.1 Å². The minimum Gasteiger partial charge on any atom is -0.368 e. The molecular formula is C17H22BrN3O4S. The van der Waals surface area contributed by atoms with E-state index >= 15 is 0 Å². The predicted molar refractivity (Wildman–Crippen MR) is 101 cm³/mol. The molecule has 2 fully saturated rings. The van der Waals surface area contributed by atoms with Gasteiger partial charge >= 0.3 is 0 Å². The van der Waals surface area contributed by atoms with Crippen molar-refractivity contribution in [1.29, 1.82) is 0 Å². The fraction of sp³-hybridized carbons (Fsp3) is 0.588. The predicted octanol–water partition coefficient (Wildman–Crippen LogP) is 1.43. The van der Waals surface area contributed by atoms with Gasteiger partial charge in [-0.3, -0.25) is 14.4 Å². The first-order valence-corrected chi connectivity index (χ1v) is 10.3. The van der Waals surface area contributed by atoms with E-state index in [1.807, 2.05) is 6.07 Å². The highest BCUT2D eigenvalue weighted by molar-refractivity contribution is 9.11. The van der Waals surface area contributed by atoms with Crippen LogP contribution in [0, 0.1) is 0 Å². The van der Waals surface area contributed by atoms with Crippen molar-refractivity contribution in [2.75, 3.05) is 46.4 Å². The maximum absolute atomic E-state index is 12.5. The fourth-order valence-corrected chi connectivity index (χ4v) is 4.53. The van der Waals surface area contributed by atoms with Gasteiger partial charge in [-0.1, -0.05) is 0 Å². The highest BCUT2D eigenvalue weighted by Crippen LogP contribution is 2.23. The van der Waals surface area contributed by atoms with E-state index in [0.717, 1.165) is 16.6 Å². The third-order valence-corrected chi connectivity index (χ3v) is 6.26. The van der Waals surface area contributed by atoms with Gasteiger partial charge in [-0.25, -0.2) is 0 Å². The Morgan fingerprint density at radius 1 is 1.23 bits per heavy atom. The number of hydrogen-bond acceptors (Lipinski definition) is 5. The topological polar surface area (TPSA) is 70.2 Å². The average Bonchev–Trinajstić information content (AvgIpc) is 3.32. The summed E-state index contributed by atoms with van der Waals surface area (Å²) in [5, 5.41) is 0. The number of likely N-dealkylation sites (N-methyl/N-ethyl adjacent to an activating group) is 1. The molecule has 0 N–H and O–H groups in total. The number of carbonyl (C=O) groups excluding carboxylic acids is 3. The number of amides is 3. The molecule has 1 aromatic rings. The smallest absolute Gasteiger partial charge is 0.264 e. The van der Waals surface area contributed by atoms with Crippen LogP contribution in [0.25, 0.3) is 0 Å². The van der Waals surface area contributed by atoms with Gasteiger partial charge in [-0.15, -0.1) is 11.3 Å². The number of hydrogen-bond donors (Lipinski definition) is 0. The average molecular weight is 444 g/mol. The summed E-state index contributed by atoms with van der Waals surface area (Å²) in [6.45, 7) is 2.69. The minimum absolute atomic E-state index is 0.0326. The van der Waals surface area contributed by atoms with Crippen LogP contribution >= 0.6 is 27.3 Å². The molecule has 3 heterocycles. The molecule has 0 spiro atoms. The van der Waals surface area contributed by atoms with E-state index in [1.165, 1.54) is 16.2 Å². The van der Waals surface area contributed by atoms with Gasteiger partial charge < -0.3 is 19.4 Å². The van der Waals surface area contributed by atoms with Crippen LogP contribution < -0.4 is 0 Å². The second kappa shape index (κ2) is 8.49. The van der Waals surface area contributed by atoms with Crippen LogP contribution in [0.1, 0.15) is 22.5 Å². The summed E-state index contributed by atoms with van der Waals surface area (Å²) >= 11 is 4.68. The molecule has 1 aromatic heterocycles. The van der Waals surface area contributed by atoms with Gasteiger partial charge in [-0.2, -0.15) is 0 Å². The van der Waals surface area contributed by atoms with Crippen molar-refractivity contribution in [3.63, 3.8) is 0 Å². The van der Waals surface area contributed by atoms with E-state index in [-0.39, 0.29) is 30.4 Å². The number of nitrogens with zero attached hydrogens (tertiary/aromatic N) is 3. The lowest BCUT2D eigenvalue weighted by Crippen LogP contribution is -2.54. The quantitative estimate of drug-likeness (QED) is 0.705. The summed E-state index contributed by atoms with van der Waals surface area (Å²) in [6, 6.07) is 3.56. The van der Waals surface area contributed by atoms with Crippen molar-refractivity contribution in [2.24, 2.45) is 0 Å². The van der Waals surface area contributed by atoms with Crippen LogP contribution in [0.4, 0.5) is 0 Å². The molecule has 2 saturated heterocycles. The molecule has 3 rings (SSSR count). The molecule has 1 unspecified atom stereocenters. The summed E-state index contributed by atoms with van der Waals surface area (Å²) in [4.78, 5) is 42.7. The maximum Gasteiger partial charge on any atom is 0.264 e. The molecule has 9 heteroatoms. The Morgan fingerprint density at radius 3 is 2.50 bits per heavy atom. The molecule has 3 amide bonds. The van der Waals surface area contributed by atoms with Gasteiger partial charge in [0.1, 0.15) is 6.10 Å². The number of thiophene rings is 1. The van der Waals surface area contributed by atoms with E-state index < -0.39 is 0 Å². The Balaban J connectivity index is 1.47. The molecular weight excluding hydrogens is 422 g/mol. The summed E-state index contributed by atoms with van der Waals surface area (Å²) in [5.74, 6) is -0.230. The highest BCUT2D eigenvalue weighted by atomic mass is 79.9. The third-order valence-electron chi connectivity index (χ3n) is 4.65. The molecule has 2 aliphatic rings. The Morgan fingerprint density at radius 2 is 1.92 bits per heavy atom. The van der Waals surface area contributed by atoms with Crippen molar-refractivity contribution >= 4 is 45.0 Å². The van der Waals surface area contributed by atoms with Crippen LogP contribution in [0.3, 0.4) is 0 Å². The Hall–Kier alpha value is -1.45. The van der Waals surface area contributed by atoms with Crippen LogP contribution in [0.2, 0.25) is 0 Å². The minimum atomic E-state index is -0.314. The highest BCUT2D eigenvalue weighted by Gasteiger charge is 2.31. The van der Waals surface area contributed by atoms with Gasteiger partial charge in [0, 0.05) is 39.8 Å². The van der Waals surface area contributed by atoms with E-state index in [4.69, 9.17) is 4.74 Å². The zero-order chi connectivity index (χ0) is 18.7. The van der Waals surface area contributed by atoms with Crippen LogP contribution in [-0.4, -0.2) is 84.9 Å². The van der Waals surface area contributed by atoms with E-state index in [0.29, 0.717) is 37.7 Å². The Kier molecular flexibility index (Phi) is 6.31. The summed E-state index contributed by atoms with van der Waals surface area (Å²) in [6.07, 6.45) is 1.39. The molecule has 0 radical (unpaired) electrons. The largest absolute Gasteiger partial charge is 0.368 e. The van der Waals surface area contributed by atoms with E-state index in [1.54, 1.807) is 22.9 Å². The Labute approximate surface area is 165 Å². The monoisotopic (exact) mass is 443 g/mol. The molecule has 0 aromatic carbocycles. The van der Waals surface area contributed by atoms with Crippen LogP contribution in [0.5, 0.6) is 0 Å². The van der Waals surface area contributed by atoms with Crippen molar-refractivity contribution in [3.05, 3.63) is 20.8 Å². The zero-order valence-electron chi connectivity index (χ0n) is 14.6. The van der Waals surface area contributed by atoms with Crippen LogP contribution in [0.15, 0.2) is 15.9 Å². The summed E-state index contributed by atoms with van der Waals surface area (Å²) < 4.78 is 6.33. The first kappa shape index (κ1) is 19.3. The normalized spacial score (nSPS) is 20.3. The number of carbonyl (C=O) groups is 3. The third kappa shape index (κ3) is 4.44. The number of ether oxygens (including phenoxy) is 1. The van der Waals surface area contributed by atoms with Gasteiger partial charge in [0.05, 0.1) is 15.2 Å². The summed E-state index contributed by atoms with van der Waals surface area (Å²) in [7, 11) is 1.63. The number of piperazine rings is 1. The molecule has 26 heavy (non-hydrogen) atoms. The lowest BCUT2D eigenvalue weighted by Gasteiger charge is -2.36. The molecule has 0 aliphatic carbocycles. The SMILES string of the molecule is CN(CC(=O)N1CCN(C(=O)C2CCCO2)CC1)C(=O)c1ccc(Br)s1. The lowest BCUT2D eigenvalue weighted by molar-refractivity contribution is -0.146. The molecule has 0 saturated carbocycles. The standard InChI is InChI=1S/C17H22BrN3O4S/c1-19(17(24)13-4-5-14(18)26-13)11-15(22)20-6-8-21(9-7-20)16(23)12-3-2-10-25-12/h4-5,12H,2-3,6-11H2,1H3. The molecule has 142 valence electrons. The first-order chi connectivity index (χ1) is 12.5. The number of rotatable bonds is 4. The Bertz CT molecular complexity index is 681. The summed E-state index contributed by atoms with van der Waals surface area (Å²) in [5.41, 5.74) is 0. The molecule has 0 bridgehead atoms. The molecule has 1 atom stereocenters. The maximum atomic E-state index is 12.5. The molecule has 2 aliphatic heterocycles. The van der Waals surface area contributed by atoms with Crippen molar-refractivity contribution in [3.8, 4) is 0 Å². The zero-order valence-corrected chi connectivity index (χ0v) is 17.1. The second-order valence-electron chi connectivity index (χ2n) is 6.47. The van der Waals surface area contributed by atoms with Gasteiger partial charge in [-0.05, 0) is 40.9 Å². The van der Waals surface area contributed by atoms with E-state index in [2.05, 4.69) is 15.9 Å². The second-order valence-corrected chi connectivity index (χ2v) is 8.94. The lowest BCUT2D eigenvalue weighted by atomic mass is 10.2. The van der Waals surface area contributed by atoms with Crippen molar-refractivity contribution in [2.45, 2.75) is 18.9 Å². The fourth-order valence-electron chi connectivity index (χ4n) is 3.14. The van der Waals surface area contributed by atoms with E-state index in [9.17, 15) is 14.4 Å².